The van der Waals surface area contributed by atoms with E-state index in [2.05, 4.69) is 10.1 Å². The highest BCUT2D eigenvalue weighted by Gasteiger charge is 2.34. The van der Waals surface area contributed by atoms with E-state index in [0.29, 0.717) is 42.9 Å². The minimum Gasteiger partial charge on any atom is -0.489 e. The lowest BCUT2D eigenvalue weighted by atomic mass is 10.1. The summed E-state index contributed by atoms with van der Waals surface area (Å²) >= 11 is 5.95. The molecule has 0 radical (unpaired) electrons. The normalized spacial score (nSPS) is 15.7. The summed E-state index contributed by atoms with van der Waals surface area (Å²) in [5.41, 5.74) is 2.98. The first kappa shape index (κ1) is 21.2. The van der Waals surface area contributed by atoms with E-state index in [-0.39, 0.29) is 11.8 Å². The Kier molecular flexibility index (Phi) is 6.09. The van der Waals surface area contributed by atoms with E-state index >= 15 is 0 Å². The molecule has 1 fully saturated rings. The molecule has 1 amide bonds. The van der Waals surface area contributed by atoms with Crippen molar-refractivity contribution in [2.45, 2.75) is 25.5 Å². The van der Waals surface area contributed by atoms with Crippen LogP contribution in [0.15, 0.2) is 83.4 Å². The molecule has 0 saturated carbocycles. The van der Waals surface area contributed by atoms with Crippen molar-refractivity contribution in [3.8, 4) is 17.1 Å². The Balaban J connectivity index is 1.21. The summed E-state index contributed by atoms with van der Waals surface area (Å²) in [7, 11) is 0. The van der Waals surface area contributed by atoms with Crippen molar-refractivity contribution in [2.24, 2.45) is 0 Å². The van der Waals surface area contributed by atoms with Crippen LogP contribution in [-0.2, 0) is 17.9 Å². The number of aromatic nitrogens is 2. The van der Waals surface area contributed by atoms with Crippen LogP contribution in [0.25, 0.3) is 11.4 Å². The fraction of sp³-hybridized carbons (Fsp3) is 0.192. The van der Waals surface area contributed by atoms with Crippen LogP contribution >= 0.6 is 11.6 Å². The van der Waals surface area contributed by atoms with Crippen LogP contribution in [0.3, 0.4) is 0 Å². The second-order valence-electron chi connectivity index (χ2n) is 8.06. The van der Waals surface area contributed by atoms with Gasteiger partial charge in [0.2, 0.25) is 17.6 Å². The summed E-state index contributed by atoms with van der Waals surface area (Å²) in [5, 5.41) is 4.81. The molecule has 1 atom stereocenters. The standard InChI is InChI=1S/C26H22ClN3O3/c27-22-10-6-18(7-11-22)15-30-16-21(14-24(30)31)26-28-25(29-33-26)20-8-12-23(13-9-20)32-17-19-4-2-1-3-5-19/h1-13,21H,14-17H2. The van der Waals surface area contributed by atoms with Crippen LogP contribution in [0, 0.1) is 0 Å². The molecule has 33 heavy (non-hydrogen) atoms. The Hall–Kier alpha value is -3.64. The number of carbonyl (C=O) groups excluding carboxylic acids is 1. The Morgan fingerprint density at radius 3 is 2.48 bits per heavy atom. The molecule has 7 heteroatoms. The van der Waals surface area contributed by atoms with Gasteiger partial charge in [0.1, 0.15) is 12.4 Å². The van der Waals surface area contributed by atoms with Gasteiger partial charge in [0, 0.05) is 30.1 Å². The Bertz CT molecular complexity index is 1220. The van der Waals surface area contributed by atoms with Gasteiger partial charge in [-0.05, 0) is 47.5 Å². The van der Waals surface area contributed by atoms with Crippen molar-refractivity contribution >= 4 is 17.5 Å². The molecule has 1 aliphatic heterocycles. The van der Waals surface area contributed by atoms with Gasteiger partial charge in [-0.2, -0.15) is 4.98 Å². The Labute approximate surface area is 196 Å². The molecule has 5 rings (SSSR count). The molecule has 0 N–H and O–H groups in total. The van der Waals surface area contributed by atoms with Crippen LogP contribution in [0.1, 0.15) is 29.4 Å². The largest absolute Gasteiger partial charge is 0.489 e. The molecule has 1 saturated heterocycles. The first-order valence-corrected chi connectivity index (χ1v) is 11.1. The number of amides is 1. The number of ether oxygens (including phenoxy) is 1. The highest BCUT2D eigenvalue weighted by Crippen LogP contribution is 2.30. The predicted octanol–water partition coefficient (Wildman–Crippen LogP) is 5.49. The summed E-state index contributed by atoms with van der Waals surface area (Å²) in [6, 6.07) is 25.1. The van der Waals surface area contributed by atoms with Crippen molar-refractivity contribution in [3.63, 3.8) is 0 Å². The van der Waals surface area contributed by atoms with Gasteiger partial charge in [-0.25, -0.2) is 0 Å². The van der Waals surface area contributed by atoms with Crippen molar-refractivity contribution in [2.75, 3.05) is 6.54 Å². The molecule has 0 bridgehead atoms. The zero-order chi connectivity index (χ0) is 22.6. The van der Waals surface area contributed by atoms with Crippen LogP contribution in [-0.4, -0.2) is 27.5 Å². The van der Waals surface area contributed by atoms with E-state index in [0.717, 1.165) is 22.4 Å². The van der Waals surface area contributed by atoms with Gasteiger partial charge in [0.15, 0.2) is 0 Å². The summed E-state index contributed by atoms with van der Waals surface area (Å²) < 4.78 is 11.3. The zero-order valence-corrected chi connectivity index (χ0v) is 18.6. The Morgan fingerprint density at radius 1 is 0.970 bits per heavy atom. The number of hydrogen-bond acceptors (Lipinski definition) is 5. The predicted molar refractivity (Wildman–Crippen MR) is 125 cm³/mol. The highest BCUT2D eigenvalue weighted by atomic mass is 35.5. The van der Waals surface area contributed by atoms with E-state index in [9.17, 15) is 4.79 Å². The fourth-order valence-electron chi connectivity index (χ4n) is 3.86. The number of carbonyl (C=O) groups is 1. The molecule has 1 aromatic heterocycles. The molecule has 4 aromatic rings. The van der Waals surface area contributed by atoms with Gasteiger partial charge < -0.3 is 14.2 Å². The third-order valence-electron chi connectivity index (χ3n) is 5.65. The number of nitrogens with zero attached hydrogens (tertiary/aromatic N) is 3. The van der Waals surface area contributed by atoms with Gasteiger partial charge in [0.25, 0.3) is 0 Å². The topological polar surface area (TPSA) is 68.5 Å². The molecular formula is C26H22ClN3O3. The fourth-order valence-corrected chi connectivity index (χ4v) is 3.99. The second kappa shape index (κ2) is 9.46. The van der Waals surface area contributed by atoms with Gasteiger partial charge in [-0.15, -0.1) is 0 Å². The summed E-state index contributed by atoms with van der Waals surface area (Å²) in [4.78, 5) is 18.9. The SMILES string of the molecule is O=C1CC(c2nc(-c3ccc(OCc4ccccc4)cc3)no2)CN1Cc1ccc(Cl)cc1. The van der Waals surface area contributed by atoms with Gasteiger partial charge in [-0.3, -0.25) is 4.79 Å². The van der Waals surface area contributed by atoms with Gasteiger partial charge in [-0.1, -0.05) is 59.2 Å². The summed E-state index contributed by atoms with van der Waals surface area (Å²) in [6.45, 7) is 1.60. The molecule has 3 aromatic carbocycles. The van der Waals surface area contributed by atoms with Crippen molar-refractivity contribution in [1.82, 2.24) is 15.0 Å². The minimum absolute atomic E-state index is 0.0783. The maximum absolute atomic E-state index is 12.5. The first-order chi connectivity index (χ1) is 16.1. The average Bonchev–Trinajstić information content (AvgIpc) is 3.47. The number of likely N-dealkylation sites (tertiary alicyclic amines) is 1. The monoisotopic (exact) mass is 459 g/mol. The molecular weight excluding hydrogens is 438 g/mol. The molecule has 166 valence electrons. The first-order valence-electron chi connectivity index (χ1n) is 10.8. The average molecular weight is 460 g/mol. The molecule has 1 unspecified atom stereocenters. The summed E-state index contributed by atoms with van der Waals surface area (Å²) in [6.07, 6.45) is 0.363. The molecule has 0 aliphatic carbocycles. The van der Waals surface area contributed by atoms with Gasteiger partial charge >= 0.3 is 0 Å². The third-order valence-corrected chi connectivity index (χ3v) is 5.90. The molecule has 1 aliphatic rings. The Morgan fingerprint density at radius 2 is 1.73 bits per heavy atom. The number of hydrogen-bond donors (Lipinski definition) is 0. The maximum atomic E-state index is 12.5. The summed E-state index contributed by atoms with van der Waals surface area (Å²) in [5.74, 6) is 1.73. The minimum atomic E-state index is -0.112. The van der Waals surface area contributed by atoms with E-state index < -0.39 is 0 Å². The number of benzene rings is 3. The second-order valence-corrected chi connectivity index (χ2v) is 8.49. The molecule has 2 heterocycles. The zero-order valence-electron chi connectivity index (χ0n) is 17.9. The molecule has 6 nitrogen and oxygen atoms in total. The van der Waals surface area contributed by atoms with Crippen LogP contribution in [0.2, 0.25) is 5.02 Å². The molecule has 0 spiro atoms. The quantitative estimate of drug-likeness (QED) is 0.366. The lowest BCUT2D eigenvalue weighted by molar-refractivity contribution is -0.128. The smallest absolute Gasteiger partial charge is 0.232 e. The van der Waals surface area contributed by atoms with E-state index in [4.69, 9.17) is 20.9 Å². The lowest BCUT2D eigenvalue weighted by Gasteiger charge is -2.16. The number of halogens is 1. The van der Waals surface area contributed by atoms with Crippen molar-refractivity contribution in [3.05, 3.63) is 101 Å². The van der Waals surface area contributed by atoms with E-state index in [1.165, 1.54) is 0 Å². The lowest BCUT2D eigenvalue weighted by Crippen LogP contribution is -2.24. The van der Waals surface area contributed by atoms with Crippen LogP contribution < -0.4 is 4.74 Å². The highest BCUT2D eigenvalue weighted by molar-refractivity contribution is 6.30. The number of rotatable bonds is 7. The van der Waals surface area contributed by atoms with Crippen molar-refractivity contribution in [1.29, 1.82) is 0 Å². The maximum Gasteiger partial charge on any atom is 0.232 e. The van der Waals surface area contributed by atoms with Crippen LogP contribution in [0.5, 0.6) is 5.75 Å². The van der Waals surface area contributed by atoms with Crippen molar-refractivity contribution < 1.29 is 14.1 Å². The van der Waals surface area contributed by atoms with Crippen LogP contribution in [0.4, 0.5) is 0 Å². The van der Waals surface area contributed by atoms with E-state index in [1.807, 2.05) is 83.8 Å². The van der Waals surface area contributed by atoms with E-state index in [1.54, 1.807) is 0 Å². The third kappa shape index (κ3) is 5.07. The van der Waals surface area contributed by atoms with Gasteiger partial charge in [0.05, 0.1) is 5.92 Å².